The molecule has 83 heavy (non-hydrogen) atoms. The van der Waals surface area contributed by atoms with E-state index in [0.29, 0.717) is 19.3 Å². The van der Waals surface area contributed by atoms with E-state index >= 15 is 0 Å². The first-order valence-electron chi connectivity index (χ1n) is 35.7. The third kappa shape index (κ3) is 69.0. The van der Waals surface area contributed by atoms with Gasteiger partial charge in [0.1, 0.15) is 13.2 Å². The molecule has 1 unspecified atom stereocenters. The fourth-order valence-corrected chi connectivity index (χ4v) is 10.3. The maximum atomic E-state index is 12.9. The molecule has 0 aromatic carbocycles. The summed E-state index contributed by atoms with van der Waals surface area (Å²) < 4.78 is 17.0. The van der Waals surface area contributed by atoms with E-state index in [0.717, 1.165) is 116 Å². The van der Waals surface area contributed by atoms with Crippen molar-refractivity contribution in [3.63, 3.8) is 0 Å². The summed E-state index contributed by atoms with van der Waals surface area (Å²) in [5.74, 6) is -0.861. The second kappa shape index (κ2) is 70.8. The van der Waals surface area contributed by atoms with E-state index in [1.165, 1.54) is 199 Å². The number of unbranched alkanes of at least 4 members (excludes halogenated alkanes) is 38. The van der Waals surface area contributed by atoms with Gasteiger partial charge in [0.25, 0.3) is 0 Å². The Morgan fingerprint density at radius 3 is 0.735 bits per heavy atom. The van der Waals surface area contributed by atoms with E-state index in [2.05, 4.69) is 118 Å². The average molecular weight is 1160 g/mol. The third-order valence-electron chi connectivity index (χ3n) is 15.6. The molecule has 0 spiro atoms. The first kappa shape index (κ1) is 79.3. The van der Waals surface area contributed by atoms with E-state index < -0.39 is 6.10 Å². The van der Waals surface area contributed by atoms with Gasteiger partial charge in [0.05, 0.1) is 0 Å². The summed E-state index contributed by atoms with van der Waals surface area (Å²) in [5, 5.41) is 0. The summed E-state index contributed by atoms with van der Waals surface area (Å²) in [6.07, 6.45) is 95.7. The predicted molar refractivity (Wildman–Crippen MR) is 362 cm³/mol. The van der Waals surface area contributed by atoms with Crippen LogP contribution in [0.3, 0.4) is 0 Å². The highest BCUT2D eigenvalue weighted by Crippen LogP contribution is 2.18. The van der Waals surface area contributed by atoms with Crippen LogP contribution in [-0.2, 0) is 28.6 Å². The van der Waals surface area contributed by atoms with Gasteiger partial charge in [-0.3, -0.25) is 14.4 Å². The number of allylic oxidation sites excluding steroid dienone is 16. The molecule has 0 N–H and O–H groups in total. The fourth-order valence-electron chi connectivity index (χ4n) is 10.3. The molecule has 0 amide bonds. The minimum atomic E-state index is -0.779. The predicted octanol–water partition coefficient (Wildman–Crippen LogP) is 24.8. The van der Waals surface area contributed by atoms with Crippen LogP contribution in [-0.4, -0.2) is 37.2 Å². The van der Waals surface area contributed by atoms with E-state index in [1.807, 2.05) is 0 Å². The van der Waals surface area contributed by atoms with E-state index in [9.17, 15) is 14.4 Å². The first-order valence-corrected chi connectivity index (χ1v) is 35.7. The maximum absolute atomic E-state index is 12.9. The molecule has 0 aromatic heterocycles. The molecule has 0 rings (SSSR count). The van der Waals surface area contributed by atoms with E-state index in [1.54, 1.807) is 0 Å². The van der Waals surface area contributed by atoms with Gasteiger partial charge in [-0.1, -0.05) is 349 Å². The molecular formula is C77H134O6. The van der Waals surface area contributed by atoms with Crippen LogP contribution in [0.25, 0.3) is 0 Å². The number of esters is 3. The van der Waals surface area contributed by atoms with Crippen molar-refractivity contribution in [2.24, 2.45) is 0 Å². The number of hydrogen-bond donors (Lipinski definition) is 0. The Hall–Kier alpha value is -3.67. The molecule has 0 fully saturated rings. The standard InChI is InChI=1S/C77H134O6/c1-4-7-10-13-16-19-22-25-28-30-31-32-33-34-35-36-37-38-39-40-41-42-43-44-45-47-49-52-55-58-61-64-67-70-76(79)82-73-74(72-81-75(78)69-66-63-60-57-54-51-48-27-24-21-18-15-12-9-6-3)83-77(80)71-68-65-62-59-56-53-50-46-29-26-23-20-17-14-11-8-5-2/h7,10,16,19,25,28,31-32,34-35,37-38,40-41,43-44,74H,4-6,8-9,11-15,17-18,20-24,26-27,29-30,33,36,39,42,45-73H2,1-3H3/b10-7-,19-16-,28-25-,32-31-,35-34-,38-37-,41-40-,44-43-. The lowest BCUT2D eigenvalue weighted by Crippen LogP contribution is -2.30. The van der Waals surface area contributed by atoms with Crippen LogP contribution in [0.15, 0.2) is 97.2 Å². The van der Waals surface area contributed by atoms with Crippen LogP contribution in [0.1, 0.15) is 355 Å². The van der Waals surface area contributed by atoms with Crippen LogP contribution in [0.4, 0.5) is 0 Å². The number of hydrogen-bond acceptors (Lipinski definition) is 6. The SMILES string of the molecule is CC/C=C\C/C=C\C/C=C\C/C=C\C/C=C\C/C=C\C/C=C\C/C=C\CCCCCCCCCCC(=O)OCC(COC(=O)CCCCCCCCCCCCCCCCC)OC(=O)CCCCCCCCCCCCCCCCCCC. The van der Waals surface area contributed by atoms with Crippen LogP contribution in [0.5, 0.6) is 0 Å². The molecule has 0 aliphatic carbocycles. The van der Waals surface area contributed by atoms with Gasteiger partial charge in [-0.25, -0.2) is 0 Å². The van der Waals surface area contributed by atoms with Gasteiger partial charge in [-0.05, 0) is 83.5 Å². The Kier molecular flexibility index (Phi) is 67.7. The molecule has 0 bridgehead atoms. The highest BCUT2D eigenvalue weighted by Gasteiger charge is 2.19. The molecule has 478 valence electrons. The summed E-state index contributed by atoms with van der Waals surface area (Å²) in [5.41, 5.74) is 0. The number of rotatable bonds is 65. The molecule has 0 radical (unpaired) electrons. The van der Waals surface area contributed by atoms with Crippen molar-refractivity contribution >= 4 is 17.9 Å². The molecule has 6 heteroatoms. The van der Waals surface area contributed by atoms with Gasteiger partial charge in [0.2, 0.25) is 0 Å². The van der Waals surface area contributed by atoms with Crippen molar-refractivity contribution in [2.75, 3.05) is 13.2 Å². The van der Waals surface area contributed by atoms with Crippen molar-refractivity contribution < 1.29 is 28.6 Å². The van der Waals surface area contributed by atoms with Crippen molar-refractivity contribution in [3.8, 4) is 0 Å². The lowest BCUT2D eigenvalue weighted by atomic mass is 10.0. The molecule has 0 heterocycles. The van der Waals surface area contributed by atoms with Crippen LogP contribution >= 0.6 is 0 Å². The Labute approximate surface area is 515 Å². The lowest BCUT2D eigenvalue weighted by Gasteiger charge is -2.18. The summed E-state index contributed by atoms with van der Waals surface area (Å²) in [6.45, 7) is 6.57. The number of ether oxygens (including phenoxy) is 3. The topological polar surface area (TPSA) is 78.9 Å². The minimum absolute atomic E-state index is 0.0738. The quantitative estimate of drug-likeness (QED) is 0.0261. The Balaban J connectivity index is 4.28. The third-order valence-corrected chi connectivity index (χ3v) is 15.6. The summed E-state index contributed by atoms with van der Waals surface area (Å²) in [4.78, 5) is 38.4. The molecule has 0 saturated heterocycles. The van der Waals surface area contributed by atoms with Crippen LogP contribution < -0.4 is 0 Å². The van der Waals surface area contributed by atoms with Crippen molar-refractivity contribution in [1.82, 2.24) is 0 Å². The van der Waals surface area contributed by atoms with Gasteiger partial charge in [0.15, 0.2) is 6.10 Å². The summed E-state index contributed by atoms with van der Waals surface area (Å²) >= 11 is 0. The van der Waals surface area contributed by atoms with E-state index in [-0.39, 0.29) is 31.1 Å². The number of carbonyl (C=O) groups is 3. The summed E-state index contributed by atoms with van der Waals surface area (Å²) in [7, 11) is 0. The lowest BCUT2D eigenvalue weighted by molar-refractivity contribution is -0.167. The molecule has 6 nitrogen and oxygen atoms in total. The first-order chi connectivity index (χ1) is 41.0. The zero-order valence-electron chi connectivity index (χ0n) is 54.9. The van der Waals surface area contributed by atoms with Gasteiger partial charge in [-0.2, -0.15) is 0 Å². The Morgan fingerprint density at radius 1 is 0.253 bits per heavy atom. The van der Waals surface area contributed by atoms with Crippen molar-refractivity contribution in [2.45, 2.75) is 361 Å². The second-order valence-electron chi connectivity index (χ2n) is 23.8. The van der Waals surface area contributed by atoms with Gasteiger partial charge >= 0.3 is 17.9 Å². The van der Waals surface area contributed by atoms with Gasteiger partial charge in [0, 0.05) is 19.3 Å². The zero-order valence-corrected chi connectivity index (χ0v) is 54.9. The second-order valence-corrected chi connectivity index (χ2v) is 23.8. The zero-order chi connectivity index (χ0) is 59.9. The smallest absolute Gasteiger partial charge is 0.306 e. The summed E-state index contributed by atoms with van der Waals surface area (Å²) in [6, 6.07) is 0. The monoisotopic (exact) mass is 1160 g/mol. The molecule has 1 atom stereocenters. The fraction of sp³-hybridized carbons (Fsp3) is 0.753. The van der Waals surface area contributed by atoms with Gasteiger partial charge in [-0.15, -0.1) is 0 Å². The largest absolute Gasteiger partial charge is 0.462 e. The molecule has 0 saturated carbocycles. The van der Waals surface area contributed by atoms with Crippen LogP contribution in [0.2, 0.25) is 0 Å². The molecule has 0 aliphatic heterocycles. The molecule has 0 aliphatic rings. The highest BCUT2D eigenvalue weighted by molar-refractivity contribution is 5.71. The van der Waals surface area contributed by atoms with Crippen molar-refractivity contribution in [1.29, 1.82) is 0 Å². The normalized spacial score (nSPS) is 12.7. The molecule has 0 aromatic rings. The molecular weight excluding hydrogens is 1020 g/mol. The Bertz CT molecular complexity index is 1610. The van der Waals surface area contributed by atoms with E-state index in [4.69, 9.17) is 14.2 Å². The highest BCUT2D eigenvalue weighted by atomic mass is 16.6. The van der Waals surface area contributed by atoms with Crippen LogP contribution in [0, 0.1) is 0 Å². The van der Waals surface area contributed by atoms with Gasteiger partial charge < -0.3 is 14.2 Å². The average Bonchev–Trinajstić information content (AvgIpc) is 3.49. The number of carbonyl (C=O) groups excluding carboxylic acids is 3. The maximum Gasteiger partial charge on any atom is 0.306 e. The minimum Gasteiger partial charge on any atom is -0.462 e. The Morgan fingerprint density at radius 2 is 0.470 bits per heavy atom. The van der Waals surface area contributed by atoms with Crippen molar-refractivity contribution in [3.05, 3.63) is 97.2 Å².